The number of carbonyl (C=O) groups excluding carboxylic acids is 1. The van der Waals surface area contributed by atoms with Gasteiger partial charge in [0.2, 0.25) is 0 Å². The fourth-order valence-corrected chi connectivity index (χ4v) is 4.66. The van der Waals surface area contributed by atoms with Gasteiger partial charge in [-0.25, -0.2) is 4.79 Å². The van der Waals surface area contributed by atoms with Crippen LogP contribution in [0.5, 0.6) is 5.75 Å². The van der Waals surface area contributed by atoms with Gasteiger partial charge >= 0.3 is 6.03 Å². The number of hydrogen-bond donors (Lipinski definition) is 6. The van der Waals surface area contributed by atoms with Crippen molar-refractivity contribution in [1.29, 1.82) is 0 Å². The van der Waals surface area contributed by atoms with Crippen LogP contribution >= 0.6 is 0 Å². The molecule has 0 spiro atoms. The molecule has 3 aromatic carbocycles. The Morgan fingerprint density at radius 1 is 0.762 bits per heavy atom. The van der Waals surface area contributed by atoms with Crippen LogP contribution in [0.3, 0.4) is 0 Å². The van der Waals surface area contributed by atoms with Gasteiger partial charge in [0.25, 0.3) is 0 Å². The number of benzene rings is 3. The second kappa shape index (κ2) is 19.6. The number of aryl methyl sites for hydroxylation is 1. The van der Waals surface area contributed by atoms with Crippen molar-refractivity contribution in [1.82, 2.24) is 16.0 Å². The van der Waals surface area contributed by atoms with Crippen LogP contribution in [-0.4, -0.2) is 47.7 Å². The summed E-state index contributed by atoms with van der Waals surface area (Å²) in [4.78, 5) is 12.1. The SMILES string of the molecule is O=C(NCc1ccccc1)NCc1cccc(CCCCOCCCCCCNC[C@@H](O)c2ccc(O)c(CO)c2)c1. The van der Waals surface area contributed by atoms with Gasteiger partial charge in [0.15, 0.2) is 0 Å². The number of aliphatic hydroxyl groups excluding tert-OH is 2. The maximum atomic E-state index is 12.1. The summed E-state index contributed by atoms with van der Waals surface area (Å²) in [6.07, 6.45) is 6.73. The monoisotopic (exact) mass is 577 g/mol. The van der Waals surface area contributed by atoms with Gasteiger partial charge in [0.05, 0.1) is 12.7 Å². The molecule has 0 saturated carbocycles. The largest absolute Gasteiger partial charge is 0.508 e. The van der Waals surface area contributed by atoms with Crippen LogP contribution in [0.2, 0.25) is 0 Å². The molecule has 0 aliphatic carbocycles. The topological polar surface area (TPSA) is 123 Å². The number of ether oxygens (including phenoxy) is 1. The quantitative estimate of drug-likeness (QED) is 0.104. The summed E-state index contributed by atoms with van der Waals surface area (Å²) in [6, 6.07) is 22.9. The Kier molecular flexibility index (Phi) is 15.5. The molecule has 0 aromatic heterocycles. The number of unbranched alkanes of at least 4 members (excludes halogenated alkanes) is 4. The van der Waals surface area contributed by atoms with E-state index in [1.807, 2.05) is 42.5 Å². The zero-order valence-electron chi connectivity index (χ0n) is 24.6. The van der Waals surface area contributed by atoms with Crippen LogP contribution < -0.4 is 16.0 Å². The molecule has 228 valence electrons. The molecular formula is C34H47N3O5. The number of nitrogens with one attached hydrogen (secondary N) is 3. The third-order valence-electron chi connectivity index (χ3n) is 7.13. The zero-order valence-corrected chi connectivity index (χ0v) is 24.6. The summed E-state index contributed by atoms with van der Waals surface area (Å²) >= 11 is 0. The Labute approximate surface area is 250 Å². The van der Waals surface area contributed by atoms with E-state index in [4.69, 9.17) is 4.74 Å². The maximum Gasteiger partial charge on any atom is 0.315 e. The number of carbonyl (C=O) groups is 1. The Morgan fingerprint density at radius 2 is 1.45 bits per heavy atom. The van der Waals surface area contributed by atoms with E-state index < -0.39 is 6.10 Å². The predicted octanol–water partition coefficient (Wildman–Crippen LogP) is 5.11. The van der Waals surface area contributed by atoms with Crippen molar-refractivity contribution in [2.45, 2.75) is 70.7 Å². The highest BCUT2D eigenvalue weighted by Gasteiger charge is 2.10. The van der Waals surface area contributed by atoms with Gasteiger partial charge in [-0.1, -0.05) is 73.5 Å². The fraction of sp³-hybridized carbons (Fsp3) is 0.441. The van der Waals surface area contributed by atoms with E-state index in [-0.39, 0.29) is 18.4 Å². The van der Waals surface area contributed by atoms with Crippen LogP contribution in [0.4, 0.5) is 4.79 Å². The van der Waals surface area contributed by atoms with E-state index in [0.717, 1.165) is 75.8 Å². The average Bonchev–Trinajstić information content (AvgIpc) is 3.02. The molecule has 8 heteroatoms. The first-order chi connectivity index (χ1) is 20.5. The van der Waals surface area contributed by atoms with Crippen molar-refractivity contribution in [3.8, 4) is 5.75 Å². The van der Waals surface area contributed by atoms with Gasteiger partial charge in [-0.3, -0.25) is 0 Å². The highest BCUT2D eigenvalue weighted by atomic mass is 16.5. The van der Waals surface area contributed by atoms with Crippen molar-refractivity contribution >= 4 is 6.03 Å². The van der Waals surface area contributed by atoms with Gasteiger partial charge in [-0.05, 0) is 73.0 Å². The number of amides is 2. The van der Waals surface area contributed by atoms with Gasteiger partial charge in [-0.15, -0.1) is 0 Å². The van der Waals surface area contributed by atoms with Crippen LogP contribution in [0.15, 0.2) is 72.8 Å². The van der Waals surface area contributed by atoms with E-state index in [2.05, 4.69) is 28.1 Å². The van der Waals surface area contributed by atoms with E-state index in [0.29, 0.717) is 30.8 Å². The minimum absolute atomic E-state index is 0.0412. The molecule has 0 aliphatic rings. The number of aromatic hydroxyl groups is 1. The highest BCUT2D eigenvalue weighted by Crippen LogP contribution is 2.22. The lowest BCUT2D eigenvalue weighted by molar-refractivity contribution is 0.126. The van der Waals surface area contributed by atoms with Crippen LogP contribution in [0, 0.1) is 0 Å². The van der Waals surface area contributed by atoms with Crippen molar-refractivity contribution < 1.29 is 24.9 Å². The molecule has 6 N–H and O–H groups in total. The Hall–Kier alpha value is -3.43. The molecular weight excluding hydrogens is 530 g/mol. The molecule has 0 aliphatic heterocycles. The highest BCUT2D eigenvalue weighted by molar-refractivity contribution is 5.73. The van der Waals surface area contributed by atoms with Crippen molar-refractivity contribution in [3.05, 3.63) is 101 Å². The maximum absolute atomic E-state index is 12.1. The van der Waals surface area contributed by atoms with Gasteiger partial charge < -0.3 is 36.0 Å². The first-order valence-corrected chi connectivity index (χ1v) is 15.1. The smallest absolute Gasteiger partial charge is 0.315 e. The van der Waals surface area contributed by atoms with Crippen LogP contribution in [0.1, 0.15) is 72.4 Å². The standard InChI is InChI=1S/C34H47N3O5/c38-26-31-22-30(16-17-32(31)39)33(40)25-35-18-7-1-2-8-19-42-20-9-6-11-27-14-10-15-29(21-27)24-37-34(41)36-23-28-12-4-3-5-13-28/h3-5,10,12-17,21-22,33,35,38-40H,1-2,6-9,11,18-20,23-26H2,(H2,36,37,41)/t33-/m1/s1. The molecule has 0 saturated heterocycles. The summed E-state index contributed by atoms with van der Waals surface area (Å²) in [6.45, 7) is 3.59. The summed E-state index contributed by atoms with van der Waals surface area (Å²) < 4.78 is 5.81. The summed E-state index contributed by atoms with van der Waals surface area (Å²) in [5, 5.41) is 38.3. The normalized spacial score (nSPS) is 11.8. The summed E-state index contributed by atoms with van der Waals surface area (Å²) in [5.41, 5.74) is 4.55. The Morgan fingerprint density at radius 3 is 2.24 bits per heavy atom. The number of hydrogen-bond acceptors (Lipinski definition) is 6. The summed E-state index contributed by atoms with van der Waals surface area (Å²) in [7, 11) is 0. The van der Waals surface area contributed by atoms with Crippen LogP contribution in [-0.2, 0) is 30.9 Å². The predicted molar refractivity (Wildman–Crippen MR) is 166 cm³/mol. The molecule has 0 radical (unpaired) electrons. The molecule has 3 aromatic rings. The lowest BCUT2D eigenvalue weighted by Crippen LogP contribution is -2.34. The average molecular weight is 578 g/mol. The van der Waals surface area contributed by atoms with Crippen molar-refractivity contribution in [3.63, 3.8) is 0 Å². The summed E-state index contributed by atoms with van der Waals surface area (Å²) in [5.74, 6) is 0.0412. The zero-order chi connectivity index (χ0) is 29.8. The van der Waals surface area contributed by atoms with E-state index in [9.17, 15) is 20.1 Å². The minimum Gasteiger partial charge on any atom is -0.508 e. The van der Waals surface area contributed by atoms with Gasteiger partial charge in [0.1, 0.15) is 5.75 Å². The third kappa shape index (κ3) is 13.0. The Bertz CT molecular complexity index is 1170. The van der Waals surface area contributed by atoms with E-state index in [1.165, 1.54) is 11.6 Å². The molecule has 0 fully saturated rings. The van der Waals surface area contributed by atoms with Crippen molar-refractivity contribution in [2.75, 3.05) is 26.3 Å². The molecule has 0 heterocycles. The number of phenols is 1. The molecule has 1 atom stereocenters. The first kappa shape index (κ1) is 33.1. The van der Waals surface area contributed by atoms with Gasteiger partial charge in [0, 0.05) is 38.4 Å². The molecule has 0 bridgehead atoms. The molecule has 42 heavy (non-hydrogen) atoms. The molecule has 8 nitrogen and oxygen atoms in total. The second-order valence-corrected chi connectivity index (χ2v) is 10.6. The molecule has 3 rings (SSSR count). The second-order valence-electron chi connectivity index (χ2n) is 10.6. The van der Waals surface area contributed by atoms with E-state index in [1.54, 1.807) is 12.1 Å². The lowest BCUT2D eigenvalue weighted by atomic mass is 10.1. The number of urea groups is 1. The molecule has 0 unspecified atom stereocenters. The third-order valence-corrected chi connectivity index (χ3v) is 7.13. The van der Waals surface area contributed by atoms with Gasteiger partial charge in [-0.2, -0.15) is 0 Å². The lowest BCUT2D eigenvalue weighted by Gasteiger charge is -2.14. The Balaban J connectivity index is 1.14. The minimum atomic E-state index is -0.672. The fourth-order valence-electron chi connectivity index (χ4n) is 4.66. The van der Waals surface area contributed by atoms with Crippen molar-refractivity contribution in [2.24, 2.45) is 0 Å². The van der Waals surface area contributed by atoms with Crippen LogP contribution in [0.25, 0.3) is 0 Å². The first-order valence-electron chi connectivity index (χ1n) is 15.1. The molecule has 2 amide bonds. The number of aliphatic hydroxyl groups is 2. The van der Waals surface area contributed by atoms with E-state index >= 15 is 0 Å². The number of rotatable bonds is 20.